The predicted molar refractivity (Wildman–Crippen MR) is 114 cm³/mol. The number of ether oxygens (including phenoxy) is 3. The molecule has 1 aromatic carbocycles. The quantitative estimate of drug-likeness (QED) is 0.370. The number of pyridine rings is 1. The average Bonchev–Trinajstić information content (AvgIpc) is 2.83. The lowest BCUT2D eigenvalue weighted by Crippen LogP contribution is -2.52. The molecule has 12 heteroatoms. The molecule has 2 rings (SSSR count). The number of carboxylic acid groups (broad SMARTS) is 1. The highest BCUT2D eigenvalue weighted by molar-refractivity contribution is 5.99. The second kappa shape index (κ2) is 11.9. The van der Waals surface area contributed by atoms with Crippen molar-refractivity contribution in [2.45, 2.75) is 18.9 Å². The van der Waals surface area contributed by atoms with E-state index in [-0.39, 0.29) is 34.8 Å². The molecular weight excluding hydrogens is 436 g/mol. The lowest BCUT2D eigenvalue weighted by atomic mass is 10.1. The maximum Gasteiger partial charge on any atom is 0.303 e. The van der Waals surface area contributed by atoms with Crippen LogP contribution in [0.15, 0.2) is 36.7 Å². The molecule has 2 aromatic rings. The van der Waals surface area contributed by atoms with Crippen LogP contribution in [0.5, 0.6) is 17.2 Å². The van der Waals surface area contributed by atoms with Crippen LogP contribution in [0.1, 0.15) is 33.6 Å². The van der Waals surface area contributed by atoms with E-state index in [1.807, 2.05) is 0 Å². The van der Waals surface area contributed by atoms with E-state index in [1.165, 1.54) is 51.9 Å². The molecule has 0 radical (unpaired) electrons. The normalized spacial score (nSPS) is 11.0. The number of nitrogens with one attached hydrogen (secondary N) is 3. The summed E-state index contributed by atoms with van der Waals surface area (Å²) in [6, 6.07) is 4.54. The van der Waals surface area contributed by atoms with E-state index in [1.54, 1.807) is 6.07 Å². The van der Waals surface area contributed by atoms with Gasteiger partial charge in [-0.1, -0.05) is 0 Å². The second-order valence-corrected chi connectivity index (χ2v) is 6.56. The van der Waals surface area contributed by atoms with Crippen molar-refractivity contribution in [3.05, 3.63) is 47.8 Å². The minimum atomic E-state index is -1.26. The van der Waals surface area contributed by atoms with Gasteiger partial charge in [0.25, 0.3) is 17.7 Å². The van der Waals surface area contributed by atoms with Crippen molar-refractivity contribution in [3.8, 4) is 17.2 Å². The number of carbonyl (C=O) groups is 4. The van der Waals surface area contributed by atoms with E-state index < -0.39 is 36.2 Å². The van der Waals surface area contributed by atoms with Crippen LogP contribution in [0, 0.1) is 0 Å². The number of nitrogens with zero attached hydrogens (tertiary/aromatic N) is 1. The number of aliphatic carboxylic acids is 1. The van der Waals surface area contributed by atoms with E-state index in [9.17, 15) is 19.2 Å². The summed E-state index contributed by atoms with van der Waals surface area (Å²) in [5.41, 5.74) is 4.66. The molecule has 0 aliphatic heterocycles. The Kier molecular flexibility index (Phi) is 8.97. The zero-order valence-electron chi connectivity index (χ0n) is 18.2. The van der Waals surface area contributed by atoms with Crippen molar-refractivity contribution >= 4 is 23.7 Å². The molecule has 4 N–H and O–H groups in total. The Morgan fingerprint density at radius 3 is 2.15 bits per heavy atom. The third kappa shape index (κ3) is 6.82. The van der Waals surface area contributed by atoms with Gasteiger partial charge < -0.3 is 24.6 Å². The number of hydrogen-bond acceptors (Lipinski definition) is 8. The number of methoxy groups -OCH3 is 3. The lowest BCUT2D eigenvalue weighted by Gasteiger charge is -2.19. The number of aromatic nitrogens is 1. The van der Waals surface area contributed by atoms with Gasteiger partial charge in [0.15, 0.2) is 11.5 Å². The van der Waals surface area contributed by atoms with Crippen molar-refractivity contribution in [1.29, 1.82) is 0 Å². The van der Waals surface area contributed by atoms with Gasteiger partial charge in [0, 0.05) is 24.4 Å². The van der Waals surface area contributed by atoms with Gasteiger partial charge in [0.2, 0.25) is 5.75 Å². The van der Waals surface area contributed by atoms with E-state index in [2.05, 4.69) is 21.2 Å². The predicted octanol–water partition coefficient (Wildman–Crippen LogP) is 0.532. The fourth-order valence-electron chi connectivity index (χ4n) is 2.77. The number of benzene rings is 1. The Bertz CT molecular complexity index is 988. The van der Waals surface area contributed by atoms with Crippen LogP contribution >= 0.6 is 0 Å². The molecule has 0 fully saturated rings. The number of amides is 3. The number of rotatable bonds is 10. The average molecular weight is 460 g/mol. The van der Waals surface area contributed by atoms with Crippen LogP contribution in [0.4, 0.5) is 0 Å². The topological polar surface area (TPSA) is 165 Å². The molecule has 1 atom stereocenters. The highest BCUT2D eigenvalue weighted by atomic mass is 16.5. The fourth-order valence-corrected chi connectivity index (χ4v) is 2.77. The zero-order valence-corrected chi connectivity index (χ0v) is 18.2. The Hall–Kier alpha value is -4.35. The summed E-state index contributed by atoms with van der Waals surface area (Å²) in [7, 11) is 4.17. The van der Waals surface area contributed by atoms with Crippen LogP contribution < -0.4 is 30.4 Å². The summed E-state index contributed by atoms with van der Waals surface area (Å²) in [4.78, 5) is 52.3. The van der Waals surface area contributed by atoms with E-state index in [4.69, 9.17) is 19.3 Å². The van der Waals surface area contributed by atoms with Gasteiger partial charge in [0.1, 0.15) is 6.04 Å². The minimum Gasteiger partial charge on any atom is -0.493 e. The van der Waals surface area contributed by atoms with Crippen LogP contribution in [-0.4, -0.2) is 61.2 Å². The first-order valence-electron chi connectivity index (χ1n) is 9.63. The molecule has 0 aliphatic rings. The molecule has 33 heavy (non-hydrogen) atoms. The van der Waals surface area contributed by atoms with Crippen molar-refractivity contribution in [2.75, 3.05) is 21.3 Å². The lowest BCUT2D eigenvalue weighted by molar-refractivity contribution is -0.137. The van der Waals surface area contributed by atoms with Crippen LogP contribution in [0.2, 0.25) is 0 Å². The molecule has 1 aromatic heterocycles. The summed E-state index contributed by atoms with van der Waals surface area (Å²) >= 11 is 0. The zero-order chi connectivity index (χ0) is 24.4. The van der Waals surface area contributed by atoms with Gasteiger partial charge in [-0.3, -0.25) is 35.0 Å². The number of carbonyl (C=O) groups excluding carboxylic acids is 3. The third-order valence-corrected chi connectivity index (χ3v) is 4.42. The van der Waals surface area contributed by atoms with Gasteiger partial charge in [-0.05, 0) is 30.7 Å². The summed E-state index contributed by atoms with van der Waals surface area (Å²) in [5.74, 6) is -2.59. The monoisotopic (exact) mass is 460 g/mol. The SMILES string of the molecule is COc1cc(C(=O)N[C@H](CCC(=O)O)C(=O)NNC(=O)c2cccnc2)cc(OC)c1OC. The van der Waals surface area contributed by atoms with Crippen LogP contribution in [-0.2, 0) is 9.59 Å². The summed E-state index contributed by atoms with van der Waals surface area (Å²) in [6.45, 7) is 0. The van der Waals surface area contributed by atoms with Crippen molar-refractivity contribution in [2.24, 2.45) is 0 Å². The van der Waals surface area contributed by atoms with Crippen molar-refractivity contribution < 1.29 is 38.5 Å². The molecule has 1 heterocycles. The first-order chi connectivity index (χ1) is 15.8. The third-order valence-electron chi connectivity index (χ3n) is 4.42. The Labute approximate surface area is 189 Å². The number of hydrazine groups is 1. The smallest absolute Gasteiger partial charge is 0.303 e. The van der Waals surface area contributed by atoms with Crippen molar-refractivity contribution in [3.63, 3.8) is 0 Å². The molecule has 0 unspecified atom stereocenters. The first-order valence-corrected chi connectivity index (χ1v) is 9.63. The fraction of sp³-hybridized carbons (Fsp3) is 0.286. The molecule has 12 nitrogen and oxygen atoms in total. The van der Waals surface area contributed by atoms with E-state index >= 15 is 0 Å². The van der Waals surface area contributed by atoms with Crippen LogP contribution in [0.25, 0.3) is 0 Å². The number of carboxylic acids is 1. The first kappa shape index (κ1) is 24.9. The van der Waals surface area contributed by atoms with Crippen LogP contribution in [0.3, 0.4) is 0 Å². The number of hydrogen-bond donors (Lipinski definition) is 4. The molecule has 0 aliphatic carbocycles. The Morgan fingerprint density at radius 1 is 0.970 bits per heavy atom. The molecule has 176 valence electrons. The molecule has 0 bridgehead atoms. The molecular formula is C21H24N4O8. The van der Waals surface area contributed by atoms with Gasteiger partial charge in [-0.25, -0.2) is 0 Å². The molecule has 0 saturated heterocycles. The Balaban J connectivity index is 2.16. The Morgan fingerprint density at radius 2 is 1.64 bits per heavy atom. The molecule has 0 spiro atoms. The van der Waals surface area contributed by atoms with Gasteiger partial charge in [0.05, 0.1) is 26.9 Å². The summed E-state index contributed by atoms with van der Waals surface area (Å²) < 4.78 is 15.6. The second-order valence-electron chi connectivity index (χ2n) is 6.56. The summed E-state index contributed by atoms with van der Waals surface area (Å²) in [5, 5.41) is 11.5. The van der Waals surface area contributed by atoms with Gasteiger partial charge >= 0.3 is 5.97 Å². The van der Waals surface area contributed by atoms with Crippen molar-refractivity contribution in [1.82, 2.24) is 21.2 Å². The highest BCUT2D eigenvalue weighted by Crippen LogP contribution is 2.38. The highest BCUT2D eigenvalue weighted by Gasteiger charge is 2.25. The maximum atomic E-state index is 12.8. The van der Waals surface area contributed by atoms with E-state index in [0.717, 1.165) is 0 Å². The van der Waals surface area contributed by atoms with E-state index in [0.29, 0.717) is 0 Å². The minimum absolute atomic E-state index is 0.0806. The summed E-state index contributed by atoms with van der Waals surface area (Å²) in [6.07, 6.45) is 2.16. The standard InChI is InChI=1S/C21H24N4O8/c1-31-15-9-13(10-16(32-2)18(15)33-3)19(28)23-14(6-7-17(26)27)21(30)25-24-20(29)12-5-4-8-22-11-12/h4-5,8-11,14H,6-7H2,1-3H3,(H,23,28)(H,24,29)(H,25,30)(H,26,27)/t14-/m1/s1. The van der Waals surface area contributed by atoms with Gasteiger partial charge in [-0.2, -0.15) is 0 Å². The molecule has 0 saturated carbocycles. The largest absolute Gasteiger partial charge is 0.493 e. The maximum absolute atomic E-state index is 12.8. The van der Waals surface area contributed by atoms with Gasteiger partial charge in [-0.15, -0.1) is 0 Å². The molecule has 3 amide bonds.